The predicted octanol–water partition coefficient (Wildman–Crippen LogP) is 1.71. The normalized spacial score (nSPS) is 10.1. The summed E-state index contributed by atoms with van der Waals surface area (Å²) in [5.41, 5.74) is 27.3. The van der Waals surface area contributed by atoms with Gasteiger partial charge in [-0.3, -0.25) is 10.4 Å². The highest BCUT2D eigenvalue weighted by Gasteiger charge is 2.16. The van der Waals surface area contributed by atoms with Gasteiger partial charge < -0.3 is 28.0 Å². The molecule has 0 aliphatic carbocycles. The SMILES string of the molecule is CC(O)CN(Nc1ccc(N)cc1)c1nc(N)c(N)c(N)n1.Cl.Cl.Cl.Cl. The lowest BCUT2D eigenvalue weighted by Gasteiger charge is -2.26. The number of hydrogen-bond acceptors (Lipinski definition) is 9. The van der Waals surface area contributed by atoms with E-state index in [4.69, 9.17) is 22.9 Å². The number of aliphatic hydroxyl groups is 1. The van der Waals surface area contributed by atoms with Crippen LogP contribution >= 0.6 is 49.6 Å². The van der Waals surface area contributed by atoms with Crippen LogP contribution in [0.25, 0.3) is 0 Å². The Labute approximate surface area is 176 Å². The van der Waals surface area contributed by atoms with Crippen LogP contribution in [0.2, 0.25) is 0 Å². The first-order valence-electron chi connectivity index (χ1n) is 6.63. The van der Waals surface area contributed by atoms with Crippen LogP contribution in [0.4, 0.5) is 34.6 Å². The van der Waals surface area contributed by atoms with E-state index in [0.717, 1.165) is 5.69 Å². The number of nitrogens with zero attached hydrogens (tertiary/aromatic N) is 3. The minimum absolute atomic E-state index is 0. The van der Waals surface area contributed by atoms with Crippen LogP contribution in [0.3, 0.4) is 0 Å². The van der Waals surface area contributed by atoms with Gasteiger partial charge >= 0.3 is 0 Å². The Morgan fingerprint density at radius 1 is 0.962 bits per heavy atom. The fourth-order valence-electron chi connectivity index (χ4n) is 1.77. The summed E-state index contributed by atoms with van der Waals surface area (Å²) in [4.78, 5) is 8.18. The van der Waals surface area contributed by atoms with Gasteiger partial charge in [0.05, 0.1) is 18.3 Å². The van der Waals surface area contributed by atoms with Crippen LogP contribution in [-0.4, -0.2) is 27.7 Å². The van der Waals surface area contributed by atoms with E-state index in [-0.39, 0.29) is 79.4 Å². The molecule has 0 amide bonds. The molecule has 0 bridgehead atoms. The number of hydrogen-bond donors (Lipinski definition) is 6. The van der Waals surface area contributed by atoms with E-state index in [1.807, 2.05) is 0 Å². The lowest BCUT2D eigenvalue weighted by atomic mass is 10.3. The third-order valence-corrected chi connectivity index (χ3v) is 2.86. The molecule has 1 aromatic carbocycles. The molecule has 0 aliphatic heterocycles. The average Bonchev–Trinajstić information content (AvgIpc) is 2.45. The highest BCUT2D eigenvalue weighted by molar-refractivity contribution is 5.86. The number of aromatic nitrogens is 2. The summed E-state index contributed by atoms with van der Waals surface area (Å²) < 4.78 is 0. The van der Waals surface area contributed by atoms with Crippen LogP contribution in [-0.2, 0) is 0 Å². The Balaban J connectivity index is -0.00000132. The molecule has 150 valence electrons. The molecule has 0 spiro atoms. The van der Waals surface area contributed by atoms with Gasteiger partial charge in [0.15, 0.2) is 11.6 Å². The maximum absolute atomic E-state index is 9.66. The second kappa shape index (κ2) is 12.6. The van der Waals surface area contributed by atoms with Crippen molar-refractivity contribution in [2.24, 2.45) is 0 Å². The Morgan fingerprint density at radius 3 is 1.85 bits per heavy atom. The molecule has 2 aromatic rings. The van der Waals surface area contributed by atoms with Crippen molar-refractivity contribution in [2.75, 3.05) is 39.9 Å². The topological polar surface area (TPSA) is 165 Å². The number of nitrogen functional groups attached to an aromatic ring is 4. The Hall–Kier alpha value is -1.78. The second-order valence-corrected chi connectivity index (χ2v) is 4.90. The fraction of sp³-hybridized carbons (Fsp3) is 0.231. The summed E-state index contributed by atoms with van der Waals surface area (Å²) in [6.07, 6.45) is -0.634. The van der Waals surface area contributed by atoms with Crippen molar-refractivity contribution in [3.63, 3.8) is 0 Å². The molecule has 0 fully saturated rings. The van der Waals surface area contributed by atoms with Crippen LogP contribution in [0, 0.1) is 0 Å². The van der Waals surface area contributed by atoms with Crippen LogP contribution in [0.15, 0.2) is 24.3 Å². The van der Waals surface area contributed by atoms with Gasteiger partial charge in [0.25, 0.3) is 0 Å². The molecule has 1 atom stereocenters. The molecule has 0 saturated heterocycles. The number of anilines is 6. The maximum atomic E-state index is 9.66. The Morgan fingerprint density at radius 2 is 1.42 bits per heavy atom. The Bertz CT molecular complexity index is 636. The van der Waals surface area contributed by atoms with Crippen LogP contribution in [0.1, 0.15) is 6.92 Å². The highest BCUT2D eigenvalue weighted by atomic mass is 35.5. The number of nitrogens with one attached hydrogen (secondary N) is 1. The lowest BCUT2D eigenvalue weighted by Crippen LogP contribution is -2.37. The number of nitrogens with two attached hydrogens (primary N) is 4. The van der Waals surface area contributed by atoms with Crippen molar-refractivity contribution >= 4 is 84.3 Å². The molecule has 9 nitrogen and oxygen atoms in total. The molecular formula is C13H24Cl4N8O. The van der Waals surface area contributed by atoms with Gasteiger partial charge in [0.1, 0.15) is 5.69 Å². The number of hydrazine groups is 1. The standard InChI is InChI=1S/C13H20N8O.4ClH/c1-7(22)6-21(20-9-4-2-8(14)3-5-9)13-18-11(16)10(15)12(17)19-13;;;;/h2-5,7,20,22H,6,14-15H2,1H3,(H4,16,17,18,19);4*1H. The van der Waals surface area contributed by atoms with E-state index in [2.05, 4.69) is 15.4 Å². The molecule has 1 aromatic heterocycles. The van der Waals surface area contributed by atoms with Gasteiger partial charge in [0, 0.05) is 5.69 Å². The molecule has 2 rings (SSSR count). The van der Waals surface area contributed by atoms with E-state index in [9.17, 15) is 5.11 Å². The summed E-state index contributed by atoms with van der Waals surface area (Å²) >= 11 is 0. The quantitative estimate of drug-likeness (QED) is 0.294. The zero-order valence-corrected chi connectivity index (χ0v) is 17.1. The number of benzene rings is 1. The lowest BCUT2D eigenvalue weighted by molar-refractivity contribution is 0.201. The van der Waals surface area contributed by atoms with E-state index >= 15 is 0 Å². The van der Waals surface area contributed by atoms with Gasteiger partial charge in [0.2, 0.25) is 5.95 Å². The average molecular weight is 450 g/mol. The van der Waals surface area contributed by atoms with E-state index in [0.29, 0.717) is 5.69 Å². The summed E-state index contributed by atoms with van der Waals surface area (Å²) in [6, 6.07) is 7.06. The Kier molecular flexibility index (Phi) is 14.0. The first kappa shape index (κ1) is 29.0. The number of rotatable bonds is 5. The molecular weight excluding hydrogens is 426 g/mol. The van der Waals surface area contributed by atoms with Gasteiger partial charge in [-0.15, -0.1) is 49.6 Å². The molecule has 13 heteroatoms. The highest BCUT2D eigenvalue weighted by Crippen LogP contribution is 2.23. The van der Waals surface area contributed by atoms with Crippen LogP contribution < -0.4 is 33.4 Å². The molecule has 1 heterocycles. The molecule has 26 heavy (non-hydrogen) atoms. The van der Waals surface area contributed by atoms with Crippen molar-refractivity contribution in [1.82, 2.24) is 9.97 Å². The van der Waals surface area contributed by atoms with E-state index in [1.54, 1.807) is 31.2 Å². The van der Waals surface area contributed by atoms with Crippen molar-refractivity contribution in [3.8, 4) is 0 Å². The molecule has 1 unspecified atom stereocenters. The molecule has 0 radical (unpaired) electrons. The monoisotopic (exact) mass is 448 g/mol. The third-order valence-electron chi connectivity index (χ3n) is 2.86. The van der Waals surface area contributed by atoms with Gasteiger partial charge in [-0.05, 0) is 31.2 Å². The zero-order chi connectivity index (χ0) is 16.3. The molecule has 0 aliphatic rings. The van der Waals surface area contributed by atoms with E-state index < -0.39 is 6.10 Å². The fourth-order valence-corrected chi connectivity index (χ4v) is 1.77. The minimum atomic E-state index is -0.634. The van der Waals surface area contributed by atoms with Crippen molar-refractivity contribution in [3.05, 3.63) is 24.3 Å². The number of aliphatic hydroxyl groups excluding tert-OH is 1. The smallest absolute Gasteiger partial charge is 0.248 e. The van der Waals surface area contributed by atoms with Gasteiger partial charge in [-0.1, -0.05) is 0 Å². The number of halogens is 4. The maximum Gasteiger partial charge on any atom is 0.248 e. The van der Waals surface area contributed by atoms with E-state index in [1.165, 1.54) is 5.01 Å². The van der Waals surface area contributed by atoms with Gasteiger partial charge in [-0.25, -0.2) is 0 Å². The first-order valence-corrected chi connectivity index (χ1v) is 6.63. The van der Waals surface area contributed by atoms with Crippen molar-refractivity contribution in [1.29, 1.82) is 0 Å². The summed E-state index contributed by atoms with van der Waals surface area (Å²) in [6.45, 7) is 1.86. The largest absolute Gasteiger partial charge is 0.399 e. The third kappa shape index (κ3) is 7.63. The van der Waals surface area contributed by atoms with Gasteiger partial charge in [-0.2, -0.15) is 9.97 Å². The summed E-state index contributed by atoms with van der Waals surface area (Å²) in [5, 5.41) is 11.2. The zero-order valence-electron chi connectivity index (χ0n) is 13.8. The predicted molar refractivity (Wildman–Crippen MR) is 118 cm³/mol. The summed E-state index contributed by atoms with van der Waals surface area (Å²) in [7, 11) is 0. The molecule has 0 saturated carbocycles. The van der Waals surface area contributed by atoms with Crippen LogP contribution in [0.5, 0.6) is 0 Å². The first-order chi connectivity index (χ1) is 10.4. The molecule has 10 N–H and O–H groups in total. The second-order valence-electron chi connectivity index (χ2n) is 4.90. The summed E-state index contributed by atoms with van der Waals surface area (Å²) in [5.74, 6) is 0.372. The van der Waals surface area contributed by atoms with Crippen molar-refractivity contribution in [2.45, 2.75) is 13.0 Å². The minimum Gasteiger partial charge on any atom is -0.399 e. The van der Waals surface area contributed by atoms with Crippen molar-refractivity contribution < 1.29 is 5.11 Å².